The van der Waals surface area contributed by atoms with Gasteiger partial charge < -0.3 is 14.2 Å². The van der Waals surface area contributed by atoms with Gasteiger partial charge in [-0.2, -0.15) is 0 Å². The number of ether oxygens (including phenoxy) is 3. The summed E-state index contributed by atoms with van der Waals surface area (Å²) in [6.07, 6.45) is 1.86. The van der Waals surface area contributed by atoms with Gasteiger partial charge in [0.05, 0.1) is 19.0 Å². The number of hydrogen-bond acceptors (Lipinski definition) is 5. The van der Waals surface area contributed by atoms with Gasteiger partial charge in [-0.25, -0.2) is 9.50 Å². The topological polar surface area (TPSA) is 57.9 Å². The molecule has 0 spiro atoms. The SMILES string of the molecule is COc1ccc2nc(-c3ccc4c(c3)OCO4)cn2n1. The molecule has 1 aliphatic rings. The Morgan fingerprint density at radius 3 is 2.95 bits per heavy atom. The largest absolute Gasteiger partial charge is 0.480 e. The average Bonchev–Trinajstić information content (AvgIpc) is 3.11. The van der Waals surface area contributed by atoms with Crippen molar-refractivity contribution in [3.05, 3.63) is 36.5 Å². The molecular formula is C14H11N3O3. The molecule has 0 aliphatic carbocycles. The van der Waals surface area contributed by atoms with Crippen LogP contribution in [-0.4, -0.2) is 28.5 Å². The highest BCUT2D eigenvalue weighted by Crippen LogP contribution is 2.35. The normalized spacial score (nSPS) is 12.8. The molecule has 1 aromatic carbocycles. The summed E-state index contributed by atoms with van der Waals surface area (Å²) in [6.45, 7) is 0.267. The average molecular weight is 269 g/mol. The van der Waals surface area contributed by atoms with E-state index in [-0.39, 0.29) is 6.79 Å². The van der Waals surface area contributed by atoms with Crippen LogP contribution in [0.1, 0.15) is 0 Å². The van der Waals surface area contributed by atoms with Crippen LogP contribution in [-0.2, 0) is 0 Å². The van der Waals surface area contributed by atoms with E-state index in [1.54, 1.807) is 17.7 Å². The van der Waals surface area contributed by atoms with Crippen molar-refractivity contribution in [2.75, 3.05) is 13.9 Å². The number of fused-ring (bicyclic) bond motifs is 2. The van der Waals surface area contributed by atoms with Gasteiger partial charge in [-0.3, -0.25) is 0 Å². The van der Waals surface area contributed by atoms with Crippen LogP contribution in [0.15, 0.2) is 36.5 Å². The first-order chi connectivity index (χ1) is 9.83. The Kier molecular flexibility index (Phi) is 2.29. The molecule has 20 heavy (non-hydrogen) atoms. The summed E-state index contributed by atoms with van der Waals surface area (Å²) in [5, 5.41) is 4.29. The van der Waals surface area contributed by atoms with Gasteiger partial charge in [0, 0.05) is 11.6 Å². The molecule has 0 radical (unpaired) electrons. The minimum Gasteiger partial charge on any atom is -0.480 e. The Labute approximate surface area is 114 Å². The second-order valence-corrected chi connectivity index (χ2v) is 4.37. The monoisotopic (exact) mass is 269 g/mol. The van der Waals surface area contributed by atoms with Crippen LogP contribution in [0.3, 0.4) is 0 Å². The molecule has 0 atom stereocenters. The Morgan fingerprint density at radius 1 is 1.15 bits per heavy atom. The number of methoxy groups -OCH3 is 1. The third kappa shape index (κ3) is 1.65. The Morgan fingerprint density at radius 2 is 2.05 bits per heavy atom. The van der Waals surface area contributed by atoms with Gasteiger partial charge in [0.15, 0.2) is 17.1 Å². The van der Waals surface area contributed by atoms with E-state index >= 15 is 0 Å². The van der Waals surface area contributed by atoms with Gasteiger partial charge in [-0.15, -0.1) is 5.10 Å². The third-order valence-corrected chi connectivity index (χ3v) is 3.17. The van der Waals surface area contributed by atoms with Gasteiger partial charge in [-0.1, -0.05) is 0 Å². The van der Waals surface area contributed by atoms with Crippen molar-refractivity contribution in [2.45, 2.75) is 0 Å². The first kappa shape index (κ1) is 11.1. The van der Waals surface area contributed by atoms with Crippen molar-refractivity contribution in [1.82, 2.24) is 14.6 Å². The van der Waals surface area contributed by atoms with Crippen molar-refractivity contribution in [1.29, 1.82) is 0 Å². The molecule has 2 aromatic heterocycles. The summed E-state index contributed by atoms with van der Waals surface area (Å²) in [7, 11) is 1.59. The van der Waals surface area contributed by atoms with E-state index in [9.17, 15) is 0 Å². The smallest absolute Gasteiger partial charge is 0.231 e. The zero-order chi connectivity index (χ0) is 13.5. The molecule has 0 saturated heterocycles. The van der Waals surface area contributed by atoms with Crippen LogP contribution in [0.25, 0.3) is 16.9 Å². The molecule has 6 heteroatoms. The minimum atomic E-state index is 0.267. The zero-order valence-electron chi connectivity index (χ0n) is 10.7. The molecule has 0 fully saturated rings. The maximum Gasteiger partial charge on any atom is 0.231 e. The molecule has 0 unspecified atom stereocenters. The van der Waals surface area contributed by atoms with Crippen molar-refractivity contribution in [2.24, 2.45) is 0 Å². The van der Waals surface area contributed by atoms with E-state index in [2.05, 4.69) is 10.1 Å². The highest BCUT2D eigenvalue weighted by molar-refractivity contribution is 5.66. The lowest BCUT2D eigenvalue weighted by atomic mass is 10.1. The first-order valence-corrected chi connectivity index (χ1v) is 6.14. The number of rotatable bonds is 2. The van der Waals surface area contributed by atoms with Gasteiger partial charge in [0.1, 0.15) is 0 Å². The van der Waals surface area contributed by atoms with Crippen molar-refractivity contribution in [3.63, 3.8) is 0 Å². The number of hydrogen-bond donors (Lipinski definition) is 0. The lowest BCUT2D eigenvalue weighted by molar-refractivity contribution is 0.174. The van der Waals surface area contributed by atoms with E-state index in [1.807, 2.05) is 30.5 Å². The number of aromatic nitrogens is 3. The van der Waals surface area contributed by atoms with Crippen LogP contribution in [0.2, 0.25) is 0 Å². The molecule has 3 aromatic rings. The van der Waals surface area contributed by atoms with Crippen molar-refractivity contribution in [3.8, 4) is 28.6 Å². The predicted octanol–water partition coefficient (Wildman–Crippen LogP) is 2.13. The Bertz CT molecular complexity index is 797. The summed E-state index contributed by atoms with van der Waals surface area (Å²) in [5.41, 5.74) is 2.54. The third-order valence-electron chi connectivity index (χ3n) is 3.17. The molecule has 4 rings (SSSR count). The fourth-order valence-corrected chi connectivity index (χ4v) is 2.17. The summed E-state index contributed by atoms with van der Waals surface area (Å²) in [4.78, 5) is 4.53. The van der Waals surface area contributed by atoms with Crippen LogP contribution < -0.4 is 14.2 Å². The van der Waals surface area contributed by atoms with E-state index in [4.69, 9.17) is 14.2 Å². The van der Waals surface area contributed by atoms with Crippen molar-refractivity contribution >= 4 is 5.65 Å². The molecule has 0 bridgehead atoms. The van der Waals surface area contributed by atoms with Gasteiger partial charge >= 0.3 is 0 Å². The molecule has 0 amide bonds. The van der Waals surface area contributed by atoms with Gasteiger partial charge in [0.2, 0.25) is 12.7 Å². The maximum absolute atomic E-state index is 5.38. The number of benzene rings is 1. The summed E-state index contributed by atoms with van der Waals surface area (Å²) < 4.78 is 17.5. The van der Waals surface area contributed by atoms with E-state index in [1.165, 1.54) is 0 Å². The summed E-state index contributed by atoms with van der Waals surface area (Å²) >= 11 is 0. The highest BCUT2D eigenvalue weighted by Gasteiger charge is 2.15. The molecule has 0 N–H and O–H groups in total. The van der Waals surface area contributed by atoms with Crippen LogP contribution in [0, 0.1) is 0 Å². The maximum atomic E-state index is 5.38. The second kappa shape index (κ2) is 4.12. The molecule has 100 valence electrons. The highest BCUT2D eigenvalue weighted by atomic mass is 16.7. The Hall–Kier alpha value is -2.76. The van der Waals surface area contributed by atoms with E-state index in [0.717, 1.165) is 28.4 Å². The number of nitrogens with zero attached hydrogens (tertiary/aromatic N) is 3. The fourth-order valence-electron chi connectivity index (χ4n) is 2.17. The molecule has 0 saturated carbocycles. The second-order valence-electron chi connectivity index (χ2n) is 4.37. The first-order valence-electron chi connectivity index (χ1n) is 6.14. The summed E-state index contributed by atoms with van der Waals surface area (Å²) in [6, 6.07) is 9.40. The quantitative estimate of drug-likeness (QED) is 0.713. The zero-order valence-corrected chi connectivity index (χ0v) is 10.7. The fraction of sp³-hybridized carbons (Fsp3) is 0.143. The van der Waals surface area contributed by atoms with Crippen LogP contribution in [0.5, 0.6) is 17.4 Å². The standard InChI is InChI=1S/C14H11N3O3/c1-18-14-5-4-13-15-10(7-17(13)16-14)9-2-3-11-12(6-9)20-8-19-11/h2-7H,8H2,1H3. The predicted molar refractivity (Wildman–Crippen MR) is 71.1 cm³/mol. The van der Waals surface area contributed by atoms with Crippen molar-refractivity contribution < 1.29 is 14.2 Å². The van der Waals surface area contributed by atoms with E-state index in [0.29, 0.717) is 5.88 Å². The molecule has 3 heterocycles. The van der Waals surface area contributed by atoms with Crippen LogP contribution in [0.4, 0.5) is 0 Å². The molecule has 1 aliphatic heterocycles. The minimum absolute atomic E-state index is 0.267. The van der Waals surface area contributed by atoms with Gasteiger partial charge in [0.25, 0.3) is 0 Å². The lowest BCUT2D eigenvalue weighted by Gasteiger charge is -1.98. The summed E-state index contributed by atoms with van der Waals surface area (Å²) in [5.74, 6) is 2.05. The van der Waals surface area contributed by atoms with Gasteiger partial charge in [-0.05, 0) is 24.3 Å². The molecular weight excluding hydrogens is 258 g/mol. The Balaban J connectivity index is 1.81. The van der Waals surface area contributed by atoms with E-state index < -0.39 is 0 Å². The lowest BCUT2D eigenvalue weighted by Crippen LogP contribution is -1.93. The molecule has 6 nitrogen and oxygen atoms in total. The van der Waals surface area contributed by atoms with Crippen LogP contribution >= 0.6 is 0 Å². The number of imidazole rings is 1.